The second-order valence-corrected chi connectivity index (χ2v) is 6.82. The Morgan fingerprint density at radius 1 is 1.32 bits per heavy atom. The minimum Gasteiger partial charge on any atom is -0.493 e. The van der Waals surface area contributed by atoms with Gasteiger partial charge in [-0.15, -0.1) is 0 Å². The quantitative estimate of drug-likeness (QED) is 0.839. The van der Waals surface area contributed by atoms with Crippen LogP contribution in [0.4, 0.5) is 0 Å². The van der Waals surface area contributed by atoms with Crippen LogP contribution >= 0.6 is 15.9 Å². The maximum absolute atomic E-state index is 6.43. The molecule has 4 heteroatoms. The molecule has 1 atom stereocenters. The van der Waals surface area contributed by atoms with Gasteiger partial charge in [0.05, 0.1) is 14.2 Å². The number of benzene rings is 1. The minimum absolute atomic E-state index is 0.0196. The smallest absolute Gasteiger partial charge is 0.165 e. The molecule has 0 saturated carbocycles. The van der Waals surface area contributed by atoms with Crippen LogP contribution in [0, 0.1) is 5.41 Å². The summed E-state index contributed by atoms with van der Waals surface area (Å²) in [5.74, 6) is 1.52. The molecule has 0 amide bonds. The van der Waals surface area contributed by atoms with Crippen molar-refractivity contribution in [2.75, 3.05) is 14.2 Å². The number of hydrogen-bond donors (Lipinski definition) is 1. The third-order valence-electron chi connectivity index (χ3n) is 3.96. The lowest BCUT2D eigenvalue weighted by atomic mass is 9.83. The first-order chi connectivity index (χ1) is 8.89. The fourth-order valence-corrected chi connectivity index (χ4v) is 3.56. The molecule has 0 radical (unpaired) electrons. The van der Waals surface area contributed by atoms with Crippen molar-refractivity contribution in [2.45, 2.75) is 39.2 Å². The summed E-state index contributed by atoms with van der Waals surface area (Å²) < 4.78 is 12.0. The normalized spacial score (nSPS) is 21.5. The van der Waals surface area contributed by atoms with Crippen molar-refractivity contribution in [3.8, 4) is 11.5 Å². The van der Waals surface area contributed by atoms with Gasteiger partial charge in [0.1, 0.15) is 0 Å². The van der Waals surface area contributed by atoms with Crippen molar-refractivity contribution in [1.82, 2.24) is 0 Å². The van der Waals surface area contributed by atoms with E-state index in [1.807, 2.05) is 6.07 Å². The highest BCUT2D eigenvalue weighted by molar-refractivity contribution is 9.10. The first-order valence-electron chi connectivity index (χ1n) is 6.58. The van der Waals surface area contributed by atoms with E-state index >= 15 is 0 Å². The maximum Gasteiger partial charge on any atom is 0.165 e. The van der Waals surface area contributed by atoms with E-state index < -0.39 is 0 Å². The Morgan fingerprint density at radius 3 is 2.58 bits per heavy atom. The molecule has 2 N–H and O–H groups in total. The molecule has 1 aromatic carbocycles. The predicted octanol–water partition coefficient (Wildman–Crippen LogP) is 3.83. The number of rotatable bonds is 2. The zero-order valence-electron chi connectivity index (χ0n) is 12.0. The van der Waals surface area contributed by atoms with Crippen molar-refractivity contribution < 1.29 is 9.47 Å². The van der Waals surface area contributed by atoms with Gasteiger partial charge >= 0.3 is 0 Å². The lowest BCUT2D eigenvalue weighted by Crippen LogP contribution is -2.20. The fourth-order valence-electron chi connectivity index (χ4n) is 2.94. The average molecular weight is 328 g/mol. The number of methoxy groups -OCH3 is 2. The van der Waals surface area contributed by atoms with Crippen LogP contribution in [0.15, 0.2) is 10.5 Å². The molecule has 0 fully saturated rings. The van der Waals surface area contributed by atoms with Gasteiger partial charge in [-0.25, -0.2) is 0 Å². The average Bonchev–Trinajstić information content (AvgIpc) is 2.46. The molecule has 1 aromatic rings. The molecule has 0 spiro atoms. The summed E-state index contributed by atoms with van der Waals surface area (Å²) in [6.45, 7) is 4.55. The van der Waals surface area contributed by atoms with E-state index in [4.69, 9.17) is 15.2 Å². The third-order valence-corrected chi connectivity index (χ3v) is 4.67. The number of hydrogen-bond acceptors (Lipinski definition) is 3. The molecule has 19 heavy (non-hydrogen) atoms. The lowest BCUT2D eigenvalue weighted by Gasteiger charge is -2.25. The van der Waals surface area contributed by atoms with E-state index in [0.717, 1.165) is 40.8 Å². The molecule has 0 heterocycles. The SMILES string of the molecule is COc1cc(Br)c2c(c1OC)C(N)CC(C)(C)CC2. The third kappa shape index (κ3) is 2.75. The molecular formula is C15H22BrNO2. The molecule has 0 aromatic heterocycles. The number of halogens is 1. The van der Waals surface area contributed by atoms with Gasteiger partial charge in [-0.3, -0.25) is 0 Å². The van der Waals surface area contributed by atoms with Crippen molar-refractivity contribution in [2.24, 2.45) is 11.1 Å². The van der Waals surface area contributed by atoms with Gasteiger partial charge in [0, 0.05) is 16.1 Å². The summed E-state index contributed by atoms with van der Waals surface area (Å²) in [4.78, 5) is 0. The van der Waals surface area contributed by atoms with Crippen molar-refractivity contribution in [3.05, 3.63) is 21.7 Å². The van der Waals surface area contributed by atoms with Crippen LogP contribution in [0.25, 0.3) is 0 Å². The zero-order chi connectivity index (χ0) is 14.2. The predicted molar refractivity (Wildman–Crippen MR) is 80.9 cm³/mol. The van der Waals surface area contributed by atoms with Crippen LogP contribution < -0.4 is 15.2 Å². The standard InChI is InChI=1S/C15H22BrNO2/c1-15(2)6-5-9-10(16)7-12(18-3)14(19-4)13(9)11(17)8-15/h7,11H,5-6,8,17H2,1-4H3. The Hall–Kier alpha value is -0.740. The molecule has 3 nitrogen and oxygen atoms in total. The first-order valence-corrected chi connectivity index (χ1v) is 7.37. The van der Waals surface area contributed by atoms with Gasteiger partial charge < -0.3 is 15.2 Å². The highest BCUT2D eigenvalue weighted by Crippen LogP contribution is 2.47. The maximum atomic E-state index is 6.43. The summed E-state index contributed by atoms with van der Waals surface area (Å²) in [5, 5.41) is 0. The fraction of sp³-hybridized carbons (Fsp3) is 0.600. The van der Waals surface area contributed by atoms with Gasteiger partial charge in [0.15, 0.2) is 11.5 Å². The van der Waals surface area contributed by atoms with E-state index in [0.29, 0.717) is 0 Å². The van der Waals surface area contributed by atoms with Crippen LogP contribution in [0.2, 0.25) is 0 Å². The van der Waals surface area contributed by atoms with E-state index in [1.54, 1.807) is 14.2 Å². The van der Waals surface area contributed by atoms with Gasteiger partial charge in [0.25, 0.3) is 0 Å². The number of fused-ring (bicyclic) bond motifs is 1. The van der Waals surface area contributed by atoms with Gasteiger partial charge in [-0.05, 0) is 36.3 Å². The van der Waals surface area contributed by atoms with Gasteiger partial charge in [-0.2, -0.15) is 0 Å². The highest BCUT2D eigenvalue weighted by Gasteiger charge is 2.32. The summed E-state index contributed by atoms with van der Waals surface area (Å²) in [6, 6.07) is 1.96. The lowest BCUT2D eigenvalue weighted by molar-refractivity contribution is 0.290. The molecule has 2 rings (SSSR count). The topological polar surface area (TPSA) is 44.5 Å². The Kier molecular flexibility index (Phi) is 4.11. The van der Waals surface area contributed by atoms with E-state index in [2.05, 4.69) is 29.8 Å². The Bertz CT molecular complexity index is 486. The Morgan fingerprint density at radius 2 is 2.00 bits per heavy atom. The largest absolute Gasteiger partial charge is 0.493 e. The summed E-state index contributed by atoms with van der Waals surface area (Å²) in [7, 11) is 3.33. The second-order valence-electron chi connectivity index (χ2n) is 5.96. The molecule has 0 saturated heterocycles. The van der Waals surface area contributed by atoms with E-state index in [9.17, 15) is 0 Å². The Labute approximate surface area is 123 Å². The summed E-state index contributed by atoms with van der Waals surface area (Å²) in [6.07, 6.45) is 3.09. The number of nitrogens with two attached hydrogens (primary N) is 1. The first kappa shape index (κ1) is 14.7. The highest BCUT2D eigenvalue weighted by atomic mass is 79.9. The second kappa shape index (κ2) is 5.33. The molecule has 1 aliphatic carbocycles. The van der Waals surface area contributed by atoms with Crippen LogP contribution in [0.3, 0.4) is 0 Å². The number of ether oxygens (including phenoxy) is 2. The van der Waals surface area contributed by atoms with E-state index in [1.165, 1.54) is 5.56 Å². The molecule has 1 unspecified atom stereocenters. The van der Waals surface area contributed by atoms with Crippen molar-refractivity contribution in [3.63, 3.8) is 0 Å². The van der Waals surface area contributed by atoms with Gasteiger partial charge in [0.2, 0.25) is 0 Å². The van der Waals surface area contributed by atoms with E-state index in [-0.39, 0.29) is 11.5 Å². The van der Waals surface area contributed by atoms with Crippen LogP contribution in [-0.4, -0.2) is 14.2 Å². The molecule has 0 bridgehead atoms. The molecule has 1 aliphatic rings. The van der Waals surface area contributed by atoms with Crippen LogP contribution in [0.1, 0.15) is 43.9 Å². The van der Waals surface area contributed by atoms with Gasteiger partial charge in [-0.1, -0.05) is 29.8 Å². The molecular weight excluding hydrogens is 306 g/mol. The van der Waals surface area contributed by atoms with Crippen LogP contribution in [0.5, 0.6) is 11.5 Å². The molecule has 106 valence electrons. The summed E-state index contributed by atoms with van der Waals surface area (Å²) in [5.41, 5.74) is 9.04. The van der Waals surface area contributed by atoms with Crippen LogP contribution in [-0.2, 0) is 6.42 Å². The monoisotopic (exact) mass is 327 g/mol. The minimum atomic E-state index is -0.0196. The van der Waals surface area contributed by atoms with Crippen molar-refractivity contribution >= 4 is 15.9 Å². The molecule has 0 aliphatic heterocycles. The Balaban J connectivity index is 2.62. The summed E-state index contributed by atoms with van der Waals surface area (Å²) >= 11 is 3.65. The zero-order valence-corrected chi connectivity index (χ0v) is 13.6. The van der Waals surface area contributed by atoms with Crippen molar-refractivity contribution in [1.29, 1.82) is 0 Å².